The third-order valence-electron chi connectivity index (χ3n) is 26.2. The summed E-state index contributed by atoms with van der Waals surface area (Å²) in [7, 11) is -4.09. The Kier molecular flexibility index (Phi) is 41.7. The molecule has 3 aromatic rings. The lowest BCUT2D eigenvalue weighted by Gasteiger charge is -2.63. The highest BCUT2D eigenvalue weighted by atomic mass is 31.2. The number of nitrogens with one attached hydrogen (secondary N) is 8. The van der Waals surface area contributed by atoms with Gasteiger partial charge in [0.05, 0.1) is 167 Å². The zero-order chi connectivity index (χ0) is 97.3. The number of nitrogens with zero attached hydrogens (tertiary/aromatic N) is 2. The number of amides is 7. The highest BCUT2D eigenvalue weighted by Gasteiger charge is 2.80. The normalized spacial score (nSPS) is 24.3. The third kappa shape index (κ3) is 29.3. The van der Waals surface area contributed by atoms with Gasteiger partial charge in [0.15, 0.2) is 23.3 Å². The van der Waals surface area contributed by atoms with Crippen molar-refractivity contribution in [2.75, 3.05) is 168 Å². The van der Waals surface area contributed by atoms with Crippen LogP contribution in [-0.4, -0.2) is 291 Å². The first-order chi connectivity index (χ1) is 65.5. The largest absolute Gasteiger partial charge is 0.486 e. The highest BCUT2D eigenvalue weighted by Crippen LogP contribution is 2.72. The fourth-order valence-corrected chi connectivity index (χ4v) is 19.4. The minimum atomic E-state index is -4.09. The minimum Gasteiger partial charge on any atom is -0.486 e. The van der Waals surface area contributed by atoms with Crippen LogP contribution in [0.2, 0.25) is 0 Å². The number of carbonyl (C=O) groups excluding carboxylic acids is 9. The number of ketones is 2. The Morgan fingerprint density at radius 1 is 0.669 bits per heavy atom. The van der Waals surface area contributed by atoms with E-state index in [1.54, 1.807) is 25.7 Å². The minimum absolute atomic E-state index is 0.00625. The fourth-order valence-electron chi connectivity index (χ4n) is 19.1. The van der Waals surface area contributed by atoms with E-state index < -0.39 is 138 Å². The number of hydrogen-bond acceptors (Lipinski definition) is 27. The maximum atomic E-state index is 18.1. The zero-order valence-corrected chi connectivity index (χ0v) is 79.7. The first-order valence-electron chi connectivity index (χ1n) is 47.6. The van der Waals surface area contributed by atoms with Crippen LogP contribution < -0.4 is 52.5 Å². The standard InChI is InChI=1S/C97H137F2N10O26P/c1-7-17-88-134-83-60-73-74-59-76(98)75-58-71(110)33-35-94(75,5)96(74,99)81(111)61-95(73,6)97(83,135-88)82(112)63-132-72-29-27-70(28-30-72)103-91(117)66(4)102-93(119)89(65(2)3)105-92(118)77(21-15-16-36-100-86(115)64-133-80-24-10-8-9-23-79-90(80)106-107-109(79)38-41-125-44-47-128-50-51-129-52-53-130-54-55-131-56-57-136(120,121)122)104-85(114)34-39-123-42-45-126-48-49-127-46-43-124-40-37-101-84(113)31-32-87(116)108-62-69-20-12-11-18-67(69)25-26-68-19-13-14-22-78(68)108/h11-14,18-20,22,27-30,33,35,58,65-66,73-74,76-77,80-81,83,88-89,106-107,111H,7-10,15-17,21,23-24,31-32,34,36-57,59-64H2,1-6H3,(H,100,115)(H,101,113)(H,102,119)(H,103,117)(H,104,114)(H,105,118)(H2,120,121,122)/t66-,73-,74-,76-,77+,80?,81-,83+,88?,89-,94-,95-,96-,97+/m0/s1. The number of unbranched alkanes of at least 4 members (excludes halogenated alkanes) is 1. The van der Waals surface area contributed by atoms with Crippen molar-refractivity contribution in [1.82, 2.24) is 42.6 Å². The number of hydrogen-bond donors (Lipinski definition) is 11. The summed E-state index contributed by atoms with van der Waals surface area (Å²) in [5.41, 5.74) is 4.93. The topological polar surface area (TPSA) is 454 Å². The molecule has 2 unspecified atom stereocenters. The van der Waals surface area contributed by atoms with Crippen LogP contribution in [0.5, 0.6) is 5.75 Å². The Balaban J connectivity index is 0.602. The predicted octanol–water partition coefficient (Wildman–Crippen LogP) is 6.64. The molecule has 3 aromatic carbocycles. The molecule has 0 bridgehead atoms. The van der Waals surface area contributed by atoms with Crippen molar-refractivity contribution in [3.63, 3.8) is 0 Å². The van der Waals surface area contributed by atoms with E-state index in [0.29, 0.717) is 103 Å². The van der Waals surface area contributed by atoms with Gasteiger partial charge in [-0.1, -0.05) is 95.2 Å². The second-order valence-corrected chi connectivity index (χ2v) is 37.8. The van der Waals surface area contributed by atoms with Gasteiger partial charge < -0.3 is 119 Å². The Labute approximate surface area is 793 Å². The molecule has 36 nitrogen and oxygen atoms in total. The van der Waals surface area contributed by atoms with Crippen LogP contribution in [0.4, 0.5) is 20.2 Å². The number of Topliss-reactive ketones (excluding diaryl/α,β-unsaturated/α-hetero) is 1. The summed E-state index contributed by atoms with van der Waals surface area (Å²) in [6, 6.07) is 17.8. The maximum absolute atomic E-state index is 18.1. The molecule has 11 N–H and O–H groups in total. The first-order valence-corrected chi connectivity index (χ1v) is 49.4. The molecule has 5 aliphatic carbocycles. The van der Waals surface area contributed by atoms with Gasteiger partial charge in [0.1, 0.15) is 49.4 Å². The number of benzene rings is 3. The van der Waals surface area contributed by atoms with E-state index >= 15 is 8.78 Å². The SMILES string of the molecule is CCCC1O[C@@H]2C[C@H]3[C@@H]4C[C@H](F)C5=CC(=O)C=C[C@]5(C)[C@@]4(F)[C@@H](O)C[C@]3(C)[C@]2(C(=O)COc2ccc(NC(=O)[C@H](C)NC(=O)[C@@H](NC(=O)[C@@H](CCCCNC(=O)COC3CCCCCC4=C3NNN4CCOCCOCCOCCOCCOCCP(=O)(O)O)NC(=O)CCOCCOCCOCCOCCNC(=O)CCC(=O)N3Cc4ccccc4C#Cc4ccccc43)C(C)C)cc2)O1. The van der Waals surface area contributed by atoms with Crippen molar-refractivity contribution >= 4 is 71.9 Å². The average molecular weight is 1930 g/mol. The molecule has 3 aliphatic heterocycles. The molecule has 4 fully saturated rings. The summed E-state index contributed by atoms with van der Waals surface area (Å²) in [5, 5.41) is 30.9. The molecular formula is C97H137F2N10O26P. The first kappa shape index (κ1) is 107. The smallest absolute Gasteiger partial charge is 0.327 e. The van der Waals surface area contributed by atoms with Gasteiger partial charge in [0, 0.05) is 65.9 Å². The molecule has 0 spiro atoms. The van der Waals surface area contributed by atoms with Gasteiger partial charge in [-0.15, -0.1) is 5.53 Å². The van der Waals surface area contributed by atoms with Crippen molar-refractivity contribution in [2.24, 2.45) is 28.6 Å². The predicted molar refractivity (Wildman–Crippen MR) is 494 cm³/mol. The summed E-state index contributed by atoms with van der Waals surface area (Å²) in [4.78, 5) is 143. The quantitative estimate of drug-likeness (QED) is 0.0160. The van der Waals surface area contributed by atoms with E-state index in [2.05, 4.69) is 54.7 Å². The average Bonchev–Trinajstić information content (AvgIpc) is 1.47. The number of halogens is 2. The molecule has 0 aromatic heterocycles. The van der Waals surface area contributed by atoms with Gasteiger partial charge in [-0.3, -0.25) is 52.7 Å². The summed E-state index contributed by atoms with van der Waals surface area (Å²) in [5.74, 6) is 0.0878. The number of ether oxygens (including phenoxy) is 13. The van der Waals surface area contributed by atoms with Crippen LogP contribution in [0.15, 0.2) is 108 Å². The zero-order valence-electron chi connectivity index (χ0n) is 78.8. The third-order valence-corrected chi connectivity index (χ3v) is 27.0. The molecule has 11 rings (SSSR count). The van der Waals surface area contributed by atoms with Crippen LogP contribution in [-0.2, 0) is 111 Å². The summed E-state index contributed by atoms with van der Waals surface area (Å²) >= 11 is 0. The van der Waals surface area contributed by atoms with E-state index in [1.165, 1.54) is 50.3 Å². The van der Waals surface area contributed by atoms with E-state index in [9.17, 15) is 52.8 Å². The van der Waals surface area contributed by atoms with Crippen molar-refractivity contribution < 1.29 is 133 Å². The molecule has 1 saturated heterocycles. The van der Waals surface area contributed by atoms with Gasteiger partial charge >= 0.3 is 7.60 Å². The molecule has 8 aliphatic rings. The number of fused-ring (bicyclic) bond motifs is 9. The molecule has 0 radical (unpaired) electrons. The number of carbonyl (C=O) groups is 9. The number of para-hydroxylation sites is 1. The molecule has 14 atom stereocenters. The Bertz CT molecular complexity index is 4710. The van der Waals surface area contributed by atoms with Gasteiger partial charge in [-0.2, -0.15) is 0 Å². The number of aliphatic hydroxyl groups is 1. The van der Waals surface area contributed by atoms with E-state index in [4.69, 9.17) is 71.4 Å². The van der Waals surface area contributed by atoms with E-state index in [-0.39, 0.29) is 173 Å². The lowest BCUT2D eigenvalue weighted by molar-refractivity contribution is -0.234. The molecule has 7 amide bonds. The number of anilines is 2. The lowest BCUT2D eigenvalue weighted by Crippen LogP contribution is -2.71. The van der Waals surface area contributed by atoms with Crippen LogP contribution in [0.25, 0.3) is 0 Å². The van der Waals surface area contributed by atoms with Crippen molar-refractivity contribution in [1.29, 1.82) is 0 Å². The fraction of sp³-hybridized carbons (Fsp3) is 0.639. The van der Waals surface area contributed by atoms with Crippen LogP contribution in [0.1, 0.15) is 161 Å². The van der Waals surface area contributed by atoms with Crippen molar-refractivity contribution in [2.45, 2.75) is 211 Å². The van der Waals surface area contributed by atoms with Gasteiger partial charge in [-0.25, -0.2) is 8.78 Å². The number of hydrazine groups is 2. The summed E-state index contributed by atoms with van der Waals surface area (Å²) in [6.07, 6.45) is 3.72. The number of allylic oxidation sites excluding steroid dienone is 5. The second-order valence-electron chi connectivity index (χ2n) is 36.0. The van der Waals surface area contributed by atoms with E-state index in [1.807, 2.05) is 60.5 Å². The molecule has 3 saturated carbocycles. The Hall–Kier alpha value is -9.08. The highest BCUT2D eigenvalue weighted by molar-refractivity contribution is 7.51. The van der Waals surface area contributed by atoms with Crippen LogP contribution >= 0.6 is 7.60 Å². The summed E-state index contributed by atoms with van der Waals surface area (Å²) in [6.45, 7) is 15.3. The Morgan fingerprint density at radius 3 is 1.98 bits per heavy atom. The Morgan fingerprint density at radius 2 is 1.30 bits per heavy atom. The van der Waals surface area contributed by atoms with Gasteiger partial charge in [0.2, 0.25) is 47.1 Å². The molecule has 750 valence electrons. The van der Waals surface area contributed by atoms with E-state index in [0.717, 1.165) is 59.8 Å². The maximum Gasteiger partial charge on any atom is 0.327 e. The number of aliphatic hydroxyl groups excluding tert-OH is 1. The molecule has 136 heavy (non-hydrogen) atoms. The van der Waals surface area contributed by atoms with Gasteiger partial charge in [0.25, 0.3) is 0 Å². The molecule has 39 heteroatoms. The number of rotatable bonds is 58. The second kappa shape index (κ2) is 52.8. The molecular weight excluding hydrogens is 1790 g/mol. The van der Waals surface area contributed by atoms with Crippen molar-refractivity contribution in [3.8, 4) is 17.6 Å². The monoisotopic (exact) mass is 1930 g/mol. The van der Waals surface area contributed by atoms with Crippen LogP contribution in [0, 0.1) is 40.4 Å². The summed E-state index contributed by atoms with van der Waals surface area (Å²) < 4.78 is 121. The van der Waals surface area contributed by atoms with Crippen molar-refractivity contribution in [3.05, 3.63) is 125 Å². The number of alkyl halides is 2. The van der Waals surface area contributed by atoms with Crippen LogP contribution in [0.3, 0.4) is 0 Å². The van der Waals surface area contributed by atoms with Gasteiger partial charge in [-0.05, 0) is 156 Å². The molecule has 3 heterocycles. The lowest BCUT2D eigenvalue weighted by atomic mass is 9.44.